The van der Waals surface area contributed by atoms with Crippen LogP contribution in [0, 0.1) is 0 Å². The molecule has 5 rings (SSSR count). The van der Waals surface area contributed by atoms with Crippen LogP contribution in [0.4, 0.5) is 35.2 Å². The number of fused-ring (bicyclic) bond motifs is 1. The predicted octanol–water partition coefficient (Wildman–Crippen LogP) is 6.01. The van der Waals surface area contributed by atoms with Gasteiger partial charge in [-0.25, -0.2) is 9.78 Å². The molecule has 39 heavy (non-hydrogen) atoms. The van der Waals surface area contributed by atoms with E-state index in [1.54, 1.807) is 42.6 Å². The fourth-order valence-electron chi connectivity index (χ4n) is 4.11. The first-order valence-corrected chi connectivity index (χ1v) is 12.2. The number of morpholine rings is 1. The maximum Gasteiger partial charge on any atom is 0.417 e. The van der Waals surface area contributed by atoms with Gasteiger partial charge >= 0.3 is 12.2 Å². The largest absolute Gasteiger partial charge is 0.417 e. The van der Waals surface area contributed by atoms with Gasteiger partial charge in [0, 0.05) is 35.6 Å². The number of rotatable bonds is 5. The summed E-state index contributed by atoms with van der Waals surface area (Å²) in [6.07, 6.45) is -2.97. The number of alkyl halides is 3. The first kappa shape index (κ1) is 26.4. The molecule has 1 fully saturated rings. The molecule has 0 spiro atoms. The Hall–Kier alpha value is -4.22. The summed E-state index contributed by atoms with van der Waals surface area (Å²) in [6, 6.07) is 13.5. The van der Waals surface area contributed by atoms with Crippen molar-refractivity contribution in [3.05, 3.63) is 88.6 Å². The minimum atomic E-state index is -4.67. The number of carbonyl (C=O) groups excluding carboxylic acids is 2. The average molecular weight is 556 g/mol. The van der Waals surface area contributed by atoms with Crippen molar-refractivity contribution >= 4 is 51.6 Å². The van der Waals surface area contributed by atoms with Crippen molar-refractivity contribution in [2.75, 3.05) is 41.8 Å². The summed E-state index contributed by atoms with van der Waals surface area (Å²) in [5.74, 6) is 0.405. The minimum Gasteiger partial charge on any atom is -0.378 e. The van der Waals surface area contributed by atoms with Gasteiger partial charge in [0.2, 0.25) is 0 Å². The molecule has 0 bridgehead atoms. The van der Waals surface area contributed by atoms with Crippen LogP contribution in [0.5, 0.6) is 0 Å². The molecule has 1 aromatic heterocycles. The second-order valence-corrected chi connectivity index (χ2v) is 9.12. The summed E-state index contributed by atoms with van der Waals surface area (Å²) in [4.78, 5) is 36.9. The molecule has 2 heterocycles. The predicted molar refractivity (Wildman–Crippen MR) is 142 cm³/mol. The van der Waals surface area contributed by atoms with Gasteiger partial charge in [-0.15, -0.1) is 0 Å². The van der Waals surface area contributed by atoms with E-state index in [4.69, 9.17) is 16.3 Å². The summed E-state index contributed by atoms with van der Waals surface area (Å²) in [5, 5.41) is 4.40. The van der Waals surface area contributed by atoms with Gasteiger partial charge in [0.25, 0.3) is 0 Å². The zero-order valence-electron chi connectivity index (χ0n) is 20.3. The molecule has 12 heteroatoms. The van der Waals surface area contributed by atoms with Crippen LogP contribution in [0.15, 0.2) is 66.9 Å². The molecule has 200 valence electrons. The third-order valence-electron chi connectivity index (χ3n) is 6.04. The van der Waals surface area contributed by atoms with Crippen LogP contribution >= 0.6 is 11.6 Å². The molecule has 3 aromatic carbocycles. The number of benzene rings is 3. The van der Waals surface area contributed by atoms with E-state index in [-0.39, 0.29) is 17.2 Å². The number of carbonyl (C=O) groups is 2. The fourth-order valence-corrected chi connectivity index (χ4v) is 4.33. The number of hydrogen-bond donors (Lipinski definition) is 2. The van der Waals surface area contributed by atoms with E-state index in [1.807, 2.05) is 0 Å². The highest BCUT2D eigenvalue weighted by Gasteiger charge is 2.33. The standard InChI is InChI=1S/C27H21ClF3N5O3/c28-21-6-5-19(14-20(21)27(29,30)31)34-26(38)33-18-3-1-2-16(12-18)25(37)17-4-7-22-23(13-17)35-24(15-32-22)36-8-10-39-11-9-36/h1-7,12-15H,8-11H2,(H2,33,34,38). The summed E-state index contributed by atoms with van der Waals surface area (Å²) in [7, 11) is 0. The van der Waals surface area contributed by atoms with Gasteiger partial charge in [0.1, 0.15) is 5.82 Å². The van der Waals surface area contributed by atoms with E-state index in [9.17, 15) is 22.8 Å². The minimum absolute atomic E-state index is 0.0924. The molecule has 8 nitrogen and oxygen atoms in total. The average Bonchev–Trinajstić information content (AvgIpc) is 2.93. The van der Waals surface area contributed by atoms with Gasteiger partial charge in [-0.3, -0.25) is 9.78 Å². The first-order chi connectivity index (χ1) is 18.7. The van der Waals surface area contributed by atoms with Gasteiger partial charge in [-0.1, -0.05) is 23.7 Å². The molecule has 1 aliphatic heterocycles. The molecule has 2 amide bonds. The number of ether oxygens (including phenoxy) is 1. The number of ketones is 1. The van der Waals surface area contributed by atoms with Crippen molar-refractivity contribution in [3.8, 4) is 0 Å². The summed E-state index contributed by atoms with van der Waals surface area (Å²) in [5.41, 5.74) is 1.02. The highest BCUT2D eigenvalue weighted by atomic mass is 35.5. The maximum absolute atomic E-state index is 13.2. The Balaban J connectivity index is 1.31. The Morgan fingerprint density at radius 1 is 0.897 bits per heavy atom. The molecule has 1 saturated heterocycles. The van der Waals surface area contributed by atoms with Crippen molar-refractivity contribution in [2.45, 2.75) is 6.18 Å². The number of nitrogens with zero attached hydrogens (tertiary/aromatic N) is 3. The molecule has 0 unspecified atom stereocenters. The van der Waals surface area contributed by atoms with E-state index >= 15 is 0 Å². The Morgan fingerprint density at radius 2 is 1.62 bits per heavy atom. The Bertz CT molecular complexity index is 1560. The summed E-state index contributed by atoms with van der Waals surface area (Å²) in [6.45, 7) is 2.62. The monoisotopic (exact) mass is 555 g/mol. The number of nitrogens with one attached hydrogen (secondary N) is 2. The molecular formula is C27H21ClF3N5O3. The number of hydrogen-bond acceptors (Lipinski definition) is 6. The van der Waals surface area contributed by atoms with Crippen molar-refractivity contribution in [1.82, 2.24) is 9.97 Å². The lowest BCUT2D eigenvalue weighted by atomic mass is 10.0. The third kappa shape index (κ3) is 6.10. The lowest BCUT2D eigenvalue weighted by Gasteiger charge is -2.27. The van der Waals surface area contributed by atoms with E-state index in [2.05, 4.69) is 25.5 Å². The van der Waals surface area contributed by atoms with Crippen LogP contribution in [-0.2, 0) is 10.9 Å². The number of amides is 2. The highest BCUT2D eigenvalue weighted by molar-refractivity contribution is 6.31. The van der Waals surface area contributed by atoms with Gasteiger partial charge in [-0.2, -0.15) is 13.2 Å². The molecular weight excluding hydrogens is 535 g/mol. The lowest BCUT2D eigenvalue weighted by Crippen LogP contribution is -2.36. The van der Waals surface area contributed by atoms with Crippen LogP contribution in [0.3, 0.4) is 0 Å². The van der Waals surface area contributed by atoms with Gasteiger partial charge in [0.15, 0.2) is 5.78 Å². The first-order valence-electron chi connectivity index (χ1n) is 11.9. The van der Waals surface area contributed by atoms with Crippen LogP contribution in [0.25, 0.3) is 11.0 Å². The highest BCUT2D eigenvalue weighted by Crippen LogP contribution is 2.36. The number of anilines is 3. The smallest absolute Gasteiger partial charge is 0.378 e. The summed E-state index contributed by atoms with van der Waals surface area (Å²) < 4.78 is 44.7. The van der Waals surface area contributed by atoms with E-state index in [0.29, 0.717) is 54.3 Å². The van der Waals surface area contributed by atoms with E-state index in [1.165, 1.54) is 12.1 Å². The third-order valence-corrected chi connectivity index (χ3v) is 6.37. The molecule has 1 aliphatic rings. The zero-order valence-corrected chi connectivity index (χ0v) is 21.0. The molecule has 4 aromatic rings. The Labute approximate surface area is 225 Å². The van der Waals surface area contributed by atoms with Crippen molar-refractivity contribution < 1.29 is 27.5 Å². The fraction of sp³-hybridized carbons (Fsp3) is 0.185. The van der Waals surface area contributed by atoms with Crippen LogP contribution in [0.2, 0.25) is 5.02 Å². The van der Waals surface area contributed by atoms with Crippen LogP contribution < -0.4 is 15.5 Å². The molecule has 0 atom stereocenters. The van der Waals surface area contributed by atoms with Crippen molar-refractivity contribution in [1.29, 1.82) is 0 Å². The van der Waals surface area contributed by atoms with Gasteiger partial charge in [-0.05, 0) is 48.5 Å². The Kier molecular flexibility index (Phi) is 7.36. The Morgan fingerprint density at radius 3 is 2.36 bits per heavy atom. The van der Waals surface area contributed by atoms with Crippen LogP contribution in [-0.4, -0.2) is 48.1 Å². The molecule has 0 radical (unpaired) electrons. The second-order valence-electron chi connectivity index (χ2n) is 8.71. The topological polar surface area (TPSA) is 96.5 Å². The second kappa shape index (κ2) is 10.9. The molecule has 2 N–H and O–H groups in total. The molecule has 0 saturated carbocycles. The quantitative estimate of drug-likeness (QED) is 0.293. The van der Waals surface area contributed by atoms with E-state index < -0.39 is 22.8 Å². The number of aromatic nitrogens is 2. The van der Waals surface area contributed by atoms with Gasteiger partial charge < -0.3 is 20.3 Å². The normalized spacial score (nSPS) is 13.8. The van der Waals surface area contributed by atoms with Crippen molar-refractivity contribution in [2.24, 2.45) is 0 Å². The zero-order chi connectivity index (χ0) is 27.6. The van der Waals surface area contributed by atoms with E-state index in [0.717, 1.165) is 12.1 Å². The molecule has 0 aliphatic carbocycles. The summed E-state index contributed by atoms with van der Waals surface area (Å²) >= 11 is 5.63. The lowest BCUT2D eigenvalue weighted by molar-refractivity contribution is -0.137. The number of halogens is 4. The maximum atomic E-state index is 13.2. The van der Waals surface area contributed by atoms with Crippen molar-refractivity contribution in [3.63, 3.8) is 0 Å². The SMILES string of the molecule is O=C(Nc1cccc(C(=O)c2ccc3ncc(N4CCOCC4)nc3c2)c1)Nc1ccc(Cl)c(C(F)(F)F)c1. The van der Waals surface area contributed by atoms with Gasteiger partial charge in [0.05, 0.1) is 41.0 Å². The van der Waals surface area contributed by atoms with Crippen LogP contribution in [0.1, 0.15) is 21.5 Å². The number of urea groups is 1.